The third-order valence-corrected chi connectivity index (χ3v) is 5.23. The van der Waals surface area contributed by atoms with Gasteiger partial charge in [0.1, 0.15) is 5.65 Å². The molecule has 0 aliphatic heterocycles. The van der Waals surface area contributed by atoms with Crippen molar-refractivity contribution in [3.8, 4) is 0 Å². The minimum Gasteiger partial charge on any atom is -0.424 e. The van der Waals surface area contributed by atoms with Gasteiger partial charge in [0.2, 0.25) is 11.8 Å². The average molecular weight is 374 g/mol. The van der Waals surface area contributed by atoms with Crippen LogP contribution >= 0.6 is 0 Å². The second-order valence-electron chi connectivity index (χ2n) is 7.27. The molecule has 0 saturated heterocycles. The van der Waals surface area contributed by atoms with Gasteiger partial charge in [-0.05, 0) is 36.8 Å². The van der Waals surface area contributed by atoms with E-state index in [-0.39, 0.29) is 23.3 Å². The van der Waals surface area contributed by atoms with Crippen LogP contribution in [-0.2, 0) is 0 Å². The molecule has 0 atom stereocenters. The van der Waals surface area contributed by atoms with Crippen LogP contribution in [0.3, 0.4) is 0 Å². The summed E-state index contributed by atoms with van der Waals surface area (Å²) in [6, 6.07) is 3.31. The van der Waals surface area contributed by atoms with E-state index in [1.807, 2.05) is 0 Å². The molecular formula is C19H20F2N4O2. The van der Waals surface area contributed by atoms with E-state index >= 15 is 0 Å². The fraction of sp³-hybridized carbons (Fsp3) is 0.421. The number of carbonyl (C=O) groups is 1. The van der Waals surface area contributed by atoms with Crippen LogP contribution in [0.1, 0.15) is 61.0 Å². The van der Waals surface area contributed by atoms with Gasteiger partial charge in [0, 0.05) is 24.5 Å². The molecule has 3 aromatic rings. The number of halogens is 2. The summed E-state index contributed by atoms with van der Waals surface area (Å²) in [5.41, 5.74) is 0.187. The molecule has 4 rings (SSSR count). The van der Waals surface area contributed by atoms with Crippen LogP contribution in [0.25, 0.3) is 5.65 Å². The lowest BCUT2D eigenvalue weighted by Crippen LogP contribution is -2.26. The van der Waals surface area contributed by atoms with Gasteiger partial charge in [-0.2, -0.15) is 0 Å². The zero-order valence-electron chi connectivity index (χ0n) is 15.0. The molecule has 0 radical (unpaired) electrons. The Labute approximate surface area is 154 Å². The first-order valence-electron chi connectivity index (χ1n) is 8.95. The number of nitrogens with zero attached hydrogens (tertiary/aromatic N) is 3. The normalized spacial score (nSPS) is 19.6. The van der Waals surface area contributed by atoms with Crippen molar-refractivity contribution in [1.82, 2.24) is 14.4 Å². The van der Waals surface area contributed by atoms with Gasteiger partial charge in [0.25, 0.3) is 12.3 Å². The Hall–Kier alpha value is -2.77. The van der Waals surface area contributed by atoms with Gasteiger partial charge < -0.3 is 8.82 Å². The Bertz CT molecular complexity index is 973. The summed E-state index contributed by atoms with van der Waals surface area (Å²) < 4.78 is 34.0. The van der Waals surface area contributed by atoms with Crippen LogP contribution in [0.4, 0.5) is 14.7 Å². The Morgan fingerprint density at radius 2 is 2.11 bits per heavy atom. The van der Waals surface area contributed by atoms with E-state index in [1.54, 1.807) is 35.1 Å². The number of amides is 1. The highest BCUT2D eigenvalue weighted by atomic mass is 19.3. The fourth-order valence-corrected chi connectivity index (χ4v) is 3.46. The van der Waals surface area contributed by atoms with Gasteiger partial charge in [-0.3, -0.25) is 10.1 Å². The van der Waals surface area contributed by atoms with Gasteiger partial charge in [0.05, 0.1) is 5.56 Å². The van der Waals surface area contributed by atoms with Crippen LogP contribution in [-0.4, -0.2) is 20.3 Å². The van der Waals surface area contributed by atoms with Crippen LogP contribution < -0.4 is 5.32 Å². The first kappa shape index (κ1) is 17.6. The molecule has 1 aliphatic carbocycles. The summed E-state index contributed by atoms with van der Waals surface area (Å²) in [6.07, 6.45) is 3.88. The smallest absolute Gasteiger partial charge is 0.285 e. The Morgan fingerprint density at radius 1 is 1.33 bits per heavy atom. The van der Waals surface area contributed by atoms with E-state index in [9.17, 15) is 13.6 Å². The van der Waals surface area contributed by atoms with E-state index in [0.29, 0.717) is 17.5 Å². The zero-order chi connectivity index (χ0) is 19.1. The van der Waals surface area contributed by atoms with Crippen molar-refractivity contribution >= 4 is 17.4 Å². The quantitative estimate of drug-likeness (QED) is 0.705. The maximum Gasteiger partial charge on any atom is 0.285 e. The minimum atomic E-state index is -2.83. The summed E-state index contributed by atoms with van der Waals surface area (Å²) in [4.78, 5) is 20.7. The fourth-order valence-electron chi connectivity index (χ4n) is 3.46. The summed E-state index contributed by atoms with van der Waals surface area (Å²) in [5.74, 6) is 0.548. The van der Waals surface area contributed by atoms with Crippen LogP contribution in [0.2, 0.25) is 0 Å². The van der Waals surface area contributed by atoms with Crippen LogP contribution in [0.5, 0.6) is 0 Å². The Balaban J connectivity index is 1.57. The molecule has 1 aliphatic rings. The highest BCUT2D eigenvalue weighted by Gasteiger charge is 2.37. The summed E-state index contributed by atoms with van der Waals surface area (Å²) in [7, 11) is 0. The predicted molar refractivity (Wildman–Crippen MR) is 94.9 cm³/mol. The summed E-state index contributed by atoms with van der Waals surface area (Å²) >= 11 is 0. The molecule has 0 bridgehead atoms. The van der Waals surface area contributed by atoms with Crippen LogP contribution in [0, 0.1) is 11.8 Å². The second kappa shape index (κ2) is 6.75. The van der Waals surface area contributed by atoms with Crippen molar-refractivity contribution in [3.63, 3.8) is 0 Å². The molecule has 0 spiro atoms. The molecule has 1 saturated carbocycles. The number of carbonyl (C=O) groups excluding carboxylic acids is 1. The summed E-state index contributed by atoms with van der Waals surface area (Å²) in [5, 5.41) is 2.44. The van der Waals surface area contributed by atoms with Crippen molar-refractivity contribution in [2.45, 2.75) is 39.0 Å². The van der Waals surface area contributed by atoms with Crippen molar-refractivity contribution in [3.05, 3.63) is 47.9 Å². The average Bonchev–Trinajstić information content (AvgIpc) is 3.17. The van der Waals surface area contributed by atoms with Crippen molar-refractivity contribution < 1.29 is 18.0 Å². The lowest BCUT2D eigenvalue weighted by molar-refractivity contribution is 0.102. The van der Waals surface area contributed by atoms with Crippen molar-refractivity contribution in [2.24, 2.45) is 11.8 Å². The topological polar surface area (TPSA) is 72.4 Å². The Morgan fingerprint density at radius 3 is 2.81 bits per heavy atom. The third-order valence-electron chi connectivity index (χ3n) is 5.23. The van der Waals surface area contributed by atoms with Gasteiger partial charge in [-0.25, -0.2) is 18.7 Å². The molecule has 1 amide bonds. The predicted octanol–water partition coefficient (Wildman–Crippen LogP) is 4.66. The van der Waals surface area contributed by atoms with E-state index in [4.69, 9.17) is 4.42 Å². The largest absolute Gasteiger partial charge is 0.424 e. The van der Waals surface area contributed by atoms with E-state index in [2.05, 4.69) is 29.1 Å². The van der Waals surface area contributed by atoms with E-state index in [0.717, 1.165) is 12.8 Å². The van der Waals surface area contributed by atoms with Gasteiger partial charge >= 0.3 is 0 Å². The summed E-state index contributed by atoms with van der Waals surface area (Å²) in [6.45, 7) is 4.28. The van der Waals surface area contributed by atoms with E-state index < -0.39 is 18.0 Å². The van der Waals surface area contributed by atoms with Crippen LogP contribution in [0.15, 0.2) is 35.1 Å². The van der Waals surface area contributed by atoms with Gasteiger partial charge in [-0.1, -0.05) is 13.8 Å². The number of nitrogens with one attached hydrogen (secondary N) is 1. The number of aromatic nitrogens is 3. The number of hydrogen-bond donors (Lipinski definition) is 1. The van der Waals surface area contributed by atoms with Crippen molar-refractivity contribution in [1.29, 1.82) is 0 Å². The Kier molecular flexibility index (Phi) is 4.41. The zero-order valence-corrected chi connectivity index (χ0v) is 15.0. The molecule has 0 unspecified atom stereocenters. The molecule has 1 N–H and O–H groups in total. The molecule has 6 nitrogen and oxygen atoms in total. The van der Waals surface area contributed by atoms with Gasteiger partial charge in [-0.15, -0.1) is 0 Å². The SMILES string of the molecule is CC(C)C1CC(c2nc(C(F)F)c(NC(=O)c3ccn4cccnc34)o2)C1. The molecule has 0 aromatic carbocycles. The minimum absolute atomic E-state index is 0.0255. The number of fused-ring (bicyclic) bond motifs is 1. The monoisotopic (exact) mass is 374 g/mol. The van der Waals surface area contributed by atoms with Gasteiger partial charge in [0.15, 0.2) is 5.69 Å². The third kappa shape index (κ3) is 3.20. The first-order chi connectivity index (χ1) is 12.9. The number of hydrogen-bond acceptors (Lipinski definition) is 4. The highest BCUT2D eigenvalue weighted by molar-refractivity contribution is 6.08. The number of anilines is 1. The number of rotatable bonds is 5. The molecule has 3 aromatic heterocycles. The maximum absolute atomic E-state index is 13.4. The lowest BCUT2D eigenvalue weighted by atomic mass is 9.69. The molecule has 27 heavy (non-hydrogen) atoms. The second-order valence-corrected chi connectivity index (χ2v) is 7.27. The number of oxazole rings is 1. The lowest BCUT2D eigenvalue weighted by Gasteiger charge is -2.36. The highest BCUT2D eigenvalue weighted by Crippen LogP contribution is 2.46. The molecule has 142 valence electrons. The standard InChI is InChI=1S/C19H20F2N4O2/c1-10(2)11-8-12(9-11)18-23-14(15(20)21)19(27-18)24-17(26)13-4-7-25-6-3-5-22-16(13)25/h3-7,10-12,15H,8-9H2,1-2H3,(H,24,26). The maximum atomic E-state index is 13.4. The number of alkyl halides is 2. The molecule has 1 fully saturated rings. The molecular weight excluding hydrogens is 354 g/mol. The van der Waals surface area contributed by atoms with Crippen molar-refractivity contribution in [2.75, 3.05) is 5.32 Å². The first-order valence-corrected chi connectivity index (χ1v) is 8.95. The van der Waals surface area contributed by atoms with E-state index in [1.165, 1.54) is 0 Å². The molecule has 8 heteroatoms. The molecule has 3 heterocycles.